The van der Waals surface area contributed by atoms with E-state index >= 15 is 0 Å². The smallest absolute Gasteiger partial charge is 0.146 e. The Balaban J connectivity index is 2.12. The van der Waals surface area contributed by atoms with Gasteiger partial charge in [-0.25, -0.2) is 0 Å². The van der Waals surface area contributed by atoms with Crippen molar-refractivity contribution in [3.8, 4) is 11.5 Å². The molecule has 5 nitrogen and oxygen atoms in total. The average molecular weight is 249 g/mol. The predicted molar refractivity (Wildman–Crippen MR) is 69.5 cm³/mol. The molecule has 0 atom stereocenters. The number of benzene rings is 1. The molecule has 0 radical (unpaired) electrons. The third-order valence-corrected chi connectivity index (χ3v) is 3.00. The van der Waals surface area contributed by atoms with Gasteiger partial charge in [0.1, 0.15) is 17.2 Å². The summed E-state index contributed by atoms with van der Waals surface area (Å²) in [7, 11) is 3.26. The normalized spacial score (nSPS) is 16.0. The van der Waals surface area contributed by atoms with Gasteiger partial charge in [0, 0.05) is 19.2 Å². The summed E-state index contributed by atoms with van der Waals surface area (Å²) in [6, 6.07) is 5.51. The predicted octanol–water partition coefficient (Wildman–Crippen LogP) is 3.19. The molecule has 0 N–H and O–H groups in total. The molecule has 1 fully saturated rings. The SMILES string of the molecule is COc1ccc(OC)c(N=NN2CCCCC2)c1. The van der Waals surface area contributed by atoms with Crippen LogP contribution in [0.2, 0.25) is 0 Å². The summed E-state index contributed by atoms with van der Waals surface area (Å²) >= 11 is 0. The molecule has 0 saturated carbocycles. The third kappa shape index (κ3) is 3.12. The highest BCUT2D eigenvalue weighted by Crippen LogP contribution is 2.31. The van der Waals surface area contributed by atoms with Gasteiger partial charge >= 0.3 is 0 Å². The summed E-state index contributed by atoms with van der Waals surface area (Å²) in [6.07, 6.45) is 3.66. The minimum absolute atomic E-state index is 0.697. The Hall–Kier alpha value is -1.78. The van der Waals surface area contributed by atoms with Crippen molar-refractivity contribution < 1.29 is 9.47 Å². The van der Waals surface area contributed by atoms with E-state index in [1.807, 2.05) is 23.2 Å². The van der Waals surface area contributed by atoms with Gasteiger partial charge in [0.15, 0.2) is 0 Å². The fourth-order valence-corrected chi connectivity index (χ4v) is 1.95. The molecule has 1 aliphatic heterocycles. The molecule has 0 unspecified atom stereocenters. The van der Waals surface area contributed by atoms with Gasteiger partial charge in [-0.1, -0.05) is 5.22 Å². The van der Waals surface area contributed by atoms with E-state index in [4.69, 9.17) is 9.47 Å². The molecule has 1 heterocycles. The maximum Gasteiger partial charge on any atom is 0.146 e. The van der Waals surface area contributed by atoms with Crippen molar-refractivity contribution >= 4 is 5.69 Å². The number of methoxy groups -OCH3 is 2. The zero-order chi connectivity index (χ0) is 12.8. The molecule has 0 spiro atoms. The molecule has 18 heavy (non-hydrogen) atoms. The topological polar surface area (TPSA) is 46.4 Å². The van der Waals surface area contributed by atoms with Crippen molar-refractivity contribution in [3.05, 3.63) is 18.2 Å². The zero-order valence-electron chi connectivity index (χ0n) is 10.9. The van der Waals surface area contributed by atoms with Crippen LogP contribution in [0.15, 0.2) is 28.5 Å². The highest BCUT2D eigenvalue weighted by atomic mass is 16.5. The summed E-state index contributed by atoms with van der Waals surface area (Å²) < 4.78 is 10.4. The van der Waals surface area contributed by atoms with E-state index in [2.05, 4.69) is 10.3 Å². The molecule has 1 aromatic carbocycles. The zero-order valence-corrected chi connectivity index (χ0v) is 10.9. The molecule has 0 aliphatic carbocycles. The van der Waals surface area contributed by atoms with Crippen LogP contribution in [0.3, 0.4) is 0 Å². The lowest BCUT2D eigenvalue weighted by atomic mass is 10.2. The molecule has 1 saturated heterocycles. The van der Waals surface area contributed by atoms with Crippen molar-refractivity contribution in [1.29, 1.82) is 0 Å². The van der Waals surface area contributed by atoms with E-state index in [9.17, 15) is 0 Å². The fraction of sp³-hybridized carbons (Fsp3) is 0.538. The minimum Gasteiger partial charge on any atom is -0.497 e. The van der Waals surface area contributed by atoms with Gasteiger partial charge < -0.3 is 9.47 Å². The second-order valence-corrected chi connectivity index (χ2v) is 4.24. The molecule has 0 amide bonds. The van der Waals surface area contributed by atoms with E-state index in [0.717, 1.165) is 18.8 Å². The van der Waals surface area contributed by atoms with Crippen molar-refractivity contribution in [3.63, 3.8) is 0 Å². The van der Waals surface area contributed by atoms with E-state index < -0.39 is 0 Å². The van der Waals surface area contributed by atoms with Crippen LogP contribution in [0.5, 0.6) is 11.5 Å². The quantitative estimate of drug-likeness (QED) is 0.770. The van der Waals surface area contributed by atoms with Gasteiger partial charge in [-0.05, 0) is 31.4 Å². The Morgan fingerprint density at radius 1 is 1.06 bits per heavy atom. The monoisotopic (exact) mass is 249 g/mol. The van der Waals surface area contributed by atoms with Crippen molar-refractivity contribution in [2.75, 3.05) is 27.3 Å². The molecule has 5 heteroatoms. The lowest BCUT2D eigenvalue weighted by molar-refractivity contribution is 0.224. The van der Waals surface area contributed by atoms with Gasteiger partial charge in [0.05, 0.1) is 14.2 Å². The van der Waals surface area contributed by atoms with E-state index in [-0.39, 0.29) is 0 Å². The molecule has 0 aromatic heterocycles. The largest absolute Gasteiger partial charge is 0.497 e. The van der Waals surface area contributed by atoms with Crippen LogP contribution in [0.25, 0.3) is 0 Å². The molecule has 1 aliphatic rings. The minimum atomic E-state index is 0.697. The second-order valence-electron chi connectivity index (χ2n) is 4.24. The Kier molecular flexibility index (Phi) is 4.39. The van der Waals surface area contributed by atoms with Crippen LogP contribution >= 0.6 is 0 Å². The molecular weight excluding hydrogens is 230 g/mol. The summed E-state index contributed by atoms with van der Waals surface area (Å²) in [5, 5.41) is 10.5. The summed E-state index contributed by atoms with van der Waals surface area (Å²) in [6.45, 7) is 1.96. The van der Waals surface area contributed by atoms with E-state index in [1.54, 1.807) is 14.2 Å². The first-order valence-electron chi connectivity index (χ1n) is 6.22. The highest BCUT2D eigenvalue weighted by Gasteiger charge is 2.08. The number of rotatable bonds is 4. The first-order valence-corrected chi connectivity index (χ1v) is 6.22. The van der Waals surface area contributed by atoms with Gasteiger partial charge in [0.2, 0.25) is 0 Å². The van der Waals surface area contributed by atoms with E-state index in [1.165, 1.54) is 19.3 Å². The molecule has 1 aromatic rings. The number of piperidine rings is 1. The summed E-state index contributed by atoms with van der Waals surface area (Å²) in [5.41, 5.74) is 0.697. The highest BCUT2D eigenvalue weighted by molar-refractivity contribution is 5.55. The Morgan fingerprint density at radius 2 is 1.83 bits per heavy atom. The average Bonchev–Trinajstić information content (AvgIpc) is 2.45. The maximum absolute atomic E-state index is 5.26. The van der Waals surface area contributed by atoms with Crippen LogP contribution in [-0.2, 0) is 0 Å². The first-order chi connectivity index (χ1) is 8.83. The number of hydrogen-bond donors (Lipinski definition) is 0. The molecule has 2 rings (SSSR count). The van der Waals surface area contributed by atoms with Gasteiger partial charge in [0.25, 0.3) is 0 Å². The van der Waals surface area contributed by atoms with E-state index in [0.29, 0.717) is 11.4 Å². The second kappa shape index (κ2) is 6.23. The van der Waals surface area contributed by atoms with Crippen LogP contribution in [0.1, 0.15) is 19.3 Å². The van der Waals surface area contributed by atoms with Gasteiger partial charge in [-0.2, -0.15) is 0 Å². The van der Waals surface area contributed by atoms with Crippen molar-refractivity contribution in [2.45, 2.75) is 19.3 Å². The number of nitrogens with zero attached hydrogens (tertiary/aromatic N) is 3. The number of hydrogen-bond acceptors (Lipinski definition) is 4. The standard InChI is InChI=1S/C13H19N3O2/c1-17-11-6-7-13(18-2)12(10-11)14-15-16-8-4-3-5-9-16/h6-7,10H,3-5,8-9H2,1-2H3. The van der Waals surface area contributed by atoms with Crippen LogP contribution in [0, 0.1) is 0 Å². The first kappa shape index (κ1) is 12.7. The molecule has 0 bridgehead atoms. The Bertz CT molecular complexity index is 415. The Morgan fingerprint density at radius 3 is 2.50 bits per heavy atom. The summed E-state index contributed by atoms with van der Waals surface area (Å²) in [4.78, 5) is 0. The van der Waals surface area contributed by atoms with Crippen LogP contribution in [-0.4, -0.2) is 32.3 Å². The lowest BCUT2D eigenvalue weighted by Gasteiger charge is -2.21. The third-order valence-electron chi connectivity index (χ3n) is 3.00. The van der Waals surface area contributed by atoms with Crippen LogP contribution < -0.4 is 9.47 Å². The number of ether oxygens (including phenoxy) is 2. The van der Waals surface area contributed by atoms with Crippen molar-refractivity contribution in [1.82, 2.24) is 5.01 Å². The molecule has 98 valence electrons. The summed E-state index contributed by atoms with van der Waals surface area (Å²) in [5.74, 6) is 1.46. The lowest BCUT2D eigenvalue weighted by Crippen LogP contribution is -2.23. The van der Waals surface area contributed by atoms with Crippen molar-refractivity contribution in [2.24, 2.45) is 10.3 Å². The Labute approximate surface area is 107 Å². The van der Waals surface area contributed by atoms with Gasteiger partial charge in [-0.3, -0.25) is 5.01 Å². The fourth-order valence-electron chi connectivity index (χ4n) is 1.95. The van der Waals surface area contributed by atoms with Gasteiger partial charge in [-0.15, -0.1) is 5.11 Å². The molecular formula is C13H19N3O2. The maximum atomic E-state index is 5.26. The van der Waals surface area contributed by atoms with Crippen LogP contribution in [0.4, 0.5) is 5.69 Å².